The molecule has 1 aromatic carbocycles. The molecule has 2 N–H and O–H groups in total. The second kappa shape index (κ2) is 12.6. The third-order valence-electron chi connectivity index (χ3n) is 7.13. The van der Waals surface area contributed by atoms with Crippen LogP contribution in [0.15, 0.2) is 18.2 Å². The lowest BCUT2D eigenvalue weighted by Crippen LogP contribution is -2.56. The average molecular weight is 502 g/mol. The lowest BCUT2D eigenvalue weighted by Gasteiger charge is -2.37. The number of hydrogen-bond acceptors (Lipinski definition) is 4. The molecule has 1 aliphatic carbocycles. The van der Waals surface area contributed by atoms with Gasteiger partial charge in [0.1, 0.15) is 17.7 Å². The Balaban J connectivity index is 2.53. The van der Waals surface area contributed by atoms with Crippen LogP contribution in [0.25, 0.3) is 0 Å². The van der Waals surface area contributed by atoms with Crippen LogP contribution >= 0.6 is 0 Å². The maximum absolute atomic E-state index is 14.3. The first-order chi connectivity index (χ1) is 16.8. The smallest absolute Gasteiger partial charge is 0.408 e. The molecule has 7 nitrogen and oxygen atoms in total. The standard InChI is InChI=1S/C29H47N3O4/c1-10-12-16-30-26(33)25(22-15-13-14-19(4)21(22)6)32(23-17-20(23)5)27(34)24(18(3)11-2)31-28(35)36-29(7,8)9/h13-15,18,20,23-25H,10-12,16-17H2,1-9H3,(H,30,33)(H,31,35). The van der Waals surface area contributed by atoms with Crippen LogP contribution < -0.4 is 10.6 Å². The molecule has 1 saturated carbocycles. The number of unbranched alkanes of at least 4 members (excludes halogenated alkanes) is 1. The molecule has 0 aromatic heterocycles. The van der Waals surface area contributed by atoms with Crippen molar-refractivity contribution in [2.24, 2.45) is 11.8 Å². The summed E-state index contributed by atoms with van der Waals surface area (Å²) in [6, 6.07) is 4.27. The fraction of sp³-hybridized carbons (Fsp3) is 0.690. The molecule has 0 heterocycles. The second-order valence-corrected chi connectivity index (χ2v) is 11.4. The molecule has 7 heteroatoms. The van der Waals surface area contributed by atoms with Gasteiger partial charge < -0.3 is 20.3 Å². The Kier molecular flexibility index (Phi) is 10.4. The average Bonchev–Trinajstić information content (AvgIpc) is 3.51. The van der Waals surface area contributed by atoms with E-state index in [-0.39, 0.29) is 29.7 Å². The zero-order valence-electron chi connectivity index (χ0n) is 23.7. The van der Waals surface area contributed by atoms with Crippen LogP contribution in [-0.2, 0) is 14.3 Å². The number of rotatable bonds is 11. The van der Waals surface area contributed by atoms with Gasteiger partial charge in [0.05, 0.1) is 0 Å². The van der Waals surface area contributed by atoms with E-state index in [4.69, 9.17) is 4.74 Å². The number of ether oxygens (including phenoxy) is 1. The Morgan fingerprint density at radius 2 is 1.81 bits per heavy atom. The highest BCUT2D eigenvalue weighted by Gasteiger charge is 2.49. The monoisotopic (exact) mass is 501 g/mol. The molecule has 3 amide bonds. The molecule has 0 radical (unpaired) electrons. The van der Waals surface area contributed by atoms with Gasteiger partial charge in [-0.15, -0.1) is 0 Å². The van der Waals surface area contributed by atoms with Crippen LogP contribution in [0, 0.1) is 25.7 Å². The van der Waals surface area contributed by atoms with Crippen LogP contribution in [0.4, 0.5) is 4.79 Å². The number of carbonyl (C=O) groups is 3. The summed E-state index contributed by atoms with van der Waals surface area (Å²) in [5, 5.41) is 5.91. The van der Waals surface area contributed by atoms with Gasteiger partial charge in [0.25, 0.3) is 0 Å². The summed E-state index contributed by atoms with van der Waals surface area (Å²) >= 11 is 0. The van der Waals surface area contributed by atoms with Crippen molar-refractivity contribution in [3.8, 4) is 0 Å². The number of hydrogen-bond donors (Lipinski definition) is 2. The first-order valence-electron chi connectivity index (χ1n) is 13.5. The summed E-state index contributed by atoms with van der Waals surface area (Å²) in [6.07, 6.45) is 2.73. The summed E-state index contributed by atoms with van der Waals surface area (Å²) in [5.74, 6) is -0.265. The van der Waals surface area contributed by atoms with Crippen molar-refractivity contribution in [3.63, 3.8) is 0 Å². The minimum absolute atomic E-state index is 0.0636. The third kappa shape index (κ3) is 7.71. The summed E-state index contributed by atoms with van der Waals surface area (Å²) in [5.41, 5.74) is 2.22. The highest BCUT2D eigenvalue weighted by Crippen LogP contribution is 2.42. The first-order valence-corrected chi connectivity index (χ1v) is 13.5. The number of carbonyl (C=O) groups excluding carboxylic acids is 3. The van der Waals surface area contributed by atoms with Gasteiger partial charge in [-0.3, -0.25) is 9.59 Å². The Hall–Kier alpha value is -2.57. The lowest BCUT2D eigenvalue weighted by molar-refractivity contribution is -0.144. The van der Waals surface area contributed by atoms with Gasteiger partial charge >= 0.3 is 6.09 Å². The fourth-order valence-corrected chi connectivity index (χ4v) is 4.42. The number of nitrogens with zero attached hydrogens (tertiary/aromatic N) is 1. The molecule has 0 aliphatic heterocycles. The van der Waals surface area contributed by atoms with Gasteiger partial charge in [0.15, 0.2) is 0 Å². The summed E-state index contributed by atoms with van der Waals surface area (Å²) in [4.78, 5) is 42.5. The molecule has 0 saturated heterocycles. The highest BCUT2D eigenvalue weighted by molar-refractivity contribution is 5.93. The van der Waals surface area contributed by atoms with E-state index in [2.05, 4.69) is 24.5 Å². The predicted octanol–water partition coefficient (Wildman–Crippen LogP) is 5.44. The third-order valence-corrected chi connectivity index (χ3v) is 7.13. The van der Waals surface area contributed by atoms with Crippen molar-refractivity contribution >= 4 is 17.9 Å². The molecule has 36 heavy (non-hydrogen) atoms. The Morgan fingerprint density at radius 1 is 1.17 bits per heavy atom. The number of aryl methyl sites for hydroxylation is 1. The molecule has 1 aromatic rings. The highest BCUT2D eigenvalue weighted by atomic mass is 16.6. The van der Waals surface area contributed by atoms with Crippen LogP contribution in [-0.4, -0.2) is 47.0 Å². The van der Waals surface area contributed by atoms with E-state index in [1.54, 1.807) is 25.7 Å². The van der Waals surface area contributed by atoms with Gasteiger partial charge in [0, 0.05) is 12.6 Å². The zero-order valence-corrected chi connectivity index (χ0v) is 23.7. The lowest BCUT2D eigenvalue weighted by atomic mass is 9.92. The van der Waals surface area contributed by atoms with Crippen molar-refractivity contribution in [1.82, 2.24) is 15.5 Å². The fourth-order valence-electron chi connectivity index (χ4n) is 4.42. The van der Waals surface area contributed by atoms with Crippen molar-refractivity contribution in [1.29, 1.82) is 0 Å². The zero-order chi connectivity index (χ0) is 27.2. The molecule has 5 atom stereocenters. The van der Waals surface area contributed by atoms with E-state index in [0.717, 1.165) is 36.0 Å². The molecule has 5 unspecified atom stereocenters. The number of benzene rings is 1. The van der Waals surface area contributed by atoms with Crippen LogP contribution in [0.2, 0.25) is 0 Å². The van der Waals surface area contributed by atoms with E-state index in [1.807, 2.05) is 45.9 Å². The summed E-state index contributed by atoms with van der Waals surface area (Å²) in [6.45, 7) is 18.1. The minimum atomic E-state index is -0.797. The molecule has 0 spiro atoms. The number of alkyl carbamates (subject to hydrolysis) is 1. The van der Waals surface area contributed by atoms with Gasteiger partial charge in [-0.2, -0.15) is 0 Å². The van der Waals surface area contributed by atoms with Gasteiger partial charge in [-0.1, -0.05) is 58.7 Å². The van der Waals surface area contributed by atoms with Gasteiger partial charge in [-0.05, 0) is 76.0 Å². The number of nitrogens with one attached hydrogen (secondary N) is 2. The summed E-state index contributed by atoms with van der Waals surface area (Å²) < 4.78 is 5.48. The number of amides is 3. The normalized spacial score (nSPS) is 19.6. The Labute approximate surface area is 217 Å². The summed E-state index contributed by atoms with van der Waals surface area (Å²) in [7, 11) is 0. The van der Waals surface area contributed by atoms with Crippen molar-refractivity contribution in [2.45, 2.75) is 112 Å². The molecule has 0 bridgehead atoms. The van der Waals surface area contributed by atoms with E-state index >= 15 is 0 Å². The molecular weight excluding hydrogens is 454 g/mol. The molecule has 202 valence electrons. The predicted molar refractivity (Wildman–Crippen MR) is 144 cm³/mol. The molecule has 1 aliphatic rings. The first kappa shape index (κ1) is 29.7. The SMILES string of the molecule is CCCCNC(=O)C(c1cccc(C)c1C)N(C(=O)C(NC(=O)OC(C)(C)C)C(C)CC)C1CC1C. The van der Waals surface area contributed by atoms with Crippen molar-refractivity contribution in [3.05, 3.63) is 34.9 Å². The van der Waals surface area contributed by atoms with E-state index in [1.165, 1.54) is 0 Å². The van der Waals surface area contributed by atoms with Gasteiger partial charge in [-0.25, -0.2) is 4.79 Å². The van der Waals surface area contributed by atoms with Crippen LogP contribution in [0.5, 0.6) is 0 Å². The van der Waals surface area contributed by atoms with Gasteiger partial charge in [0.2, 0.25) is 11.8 Å². The van der Waals surface area contributed by atoms with E-state index in [0.29, 0.717) is 13.0 Å². The van der Waals surface area contributed by atoms with Crippen molar-refractivity contribution in [2.75, 3.05) is 6.54 Å². The maximum Gasteiger partial charge on any atom is 0.408 e. The van der Waals surface area contributed by atoms with E-state index in [9.17, 15) is 14.4 Å². The Morgan fingerprint density at radius 3 is 2.33 bits per heavy atom. The minimum Gasteiger partial charge on any atom is -0.444 e. The topological polar surface area (TPSA) is 87.7 Å². The van der Waals surface area contributed by atoms with Crippen LogP contribution in [0.1, 0.15) is 96.9 Å². The van der Waals surface area contributed by atoms with Crippen LogP contribution in [0.3, 0.4) is 0 Å². The molecular formula is C29H47N3O4. The Bertz CT molecular complexity index is 924. The van der Waals surface area contributed by atoms with Crippen molar-refractivity contribution < 1.29 is 19.1 Å². The molecule has 1 fully saturated rings. The largest absolute Gasteiger partial charge is 0.444 e. The maximum atomic E-state index is 14.3. The molecule has 2 rings (SSSR count). The quantitative estimate of drug-likeness (QED) is 0.395. The second-order valence-electron chi connectivity index (χ2n) is 11.4. The van der Waals surface area contributed by atoms with E-state index < -0.39 is 23.8 Å².